The van der Waals surface area contributed by atoms with Crippen molar-refractivity contribution in [1.29, 1.82) is 0 Å². The van der Waals surface area contributed by atoms with Gasteiger partial charge in [-0.3, -0.25) is 0 Å². The topological polar surface area (TPSA) is 63.4 Å². The molecule has 0 saturated heterocycles. The Morgan fingerprint density at radius 3 is 2.62 bits per heavy atom. The second kappa shape index (κ2) is 6.89. The van der Waals surface area contributed by atoms with Gasteiger partial charge in [0.05, 0.1) is 4.90 Å². The van der Waals surface area contributed by atoms with Crippen LogP contribution in [-0.2, 0) is 23.1 Å². The van der Waals surface area contributed by atoms with Gasteiger partial charge in [0.2, 0.25) is 10.0 Å². The average Bonchev–Trinajstić information content (AvgIpc) is 2.97. The molecule has 0 unspecified atom stereocenters. The lowest BCUT2D eigenvalue weighted by atomic mass is 10.2. The second-order valence-corrected chi connectivity index (χ2v) is 7.85. The Kier molecular flexibility index (Phi) is 5.40. The maximum absolute atomic E-state index is 12.7. The molecule has 4 nitrogen and oxygen atoms in total. The molecule has 0 aliphatic rings. The summed E-state index contributed by atoms with van der Waals surface area (Å²) in [7, 11) is -3.56. The minimum absolute atomic E-state index is 0.197. The number of benzene rings is 1. The van der Waals surface area contributed by atoms with Crippen LogP contribution in [0.4, 0.5) is 0 Å². The molecular weight excluding hydrogens is 328 g/mol. The molecule has 0 aliphatic heterocycles. The van der Waals surface area contributed by atoms with Gasteiger partial charge in [-0.2, -0.15) is 4.31 Å². The Morgan fingerprint density at radius 2 is 2.10 bits per heavy atom. The summed E-state index contributed by atoms with van der Waals surface area (Å²) in [6.45, 7) is 2.87. The molecule has 0 atom stereocenters. The molecule has 0 saturated carbocycles. The molecule has 21 heavy (non-hydrogen) atoms. The summed E-state index contributed by atoms with van der Waals surface area (Å²) in [5.74, 6) is 0. The first-order chi connectivity index (χ1) is 9.98. The van der Waals surface area contributed by atoms with Crippen LogP contribution < -0.4 is 5.73 Å². The van der Waals surface area contributed by atoms with Gasteiger partial charge in [-0.05, 0) is 29.1 Å². The average molecular weight is 345 g/mol. The Labute approximate surface area is 134 Å². The summed E-state index contributed by atoms with van der Waals surface area (Å²) in [4.78, 5) is 1.20. The molecule has 0 amide bonds. The van der Waals surface area contributed by atoms with Gasteiger partial charge in [0.1, 0.15) is 0 Å². The van der Waals surface area contributed by atoms with Gasteiger partial charge < -0.3 is 5.73 Å². The van der Waals surface area contributed by atoms with E-state index in [0.717, 1.165) is 10.4 Å². The van der Waals surface area contributed by atoms with Crippen molar-refractivity contribution in [2.45, 2.75) is 24.9 Å². The molecule has 1 heterocycles. The van der Waals surface area contributed by atoms with Gasteiger partial charge >= 0.3 is 0 Å². The highest BCUT2D eigenvalue weighted by Gasteiger charge is 2.24. The van der Waals surface area contributed by atoms with E-state index in [0.29, 0.717) is 18.1 Å². The van der Waals surface area contributed by atoms with Crippen molar-refractivity contribution in [2.75, 3.05) is 6.54 Å². The summed E-state index contributed by atoms with van der Waals surface area (Å²) in [6.07, 6.45) is 0. The molecule has 0 bridgehead atoms. The molecule has 1 aromatic heterocycles. The lowest BCUT2D eigenvalue weighted by molar-refractivity contribution is 0.426. The van der Waals surface area contributed by atoms with Gasteiger partial charge in [0.15, 0.2) is 0 Å². The predicted octanol–water partition coefficient (Wildman–Crippen LogP) is 3.07. The van der Waals surface area contributed by atoms with E-state index < -0.39 is 10.0 Å². The zero-order chi connectivity index (χ0) is 15.5. The number of hydrogen-bond acceptors (Lipinski definition) is 4. The lowest BCUT2D eigenvalue weighted by Gasteiger charge is -2.20. The van der Waals surface area contributed by atoms with Crippen molar-refractivity contribution >= 4 is 33.0 Å². The van der Waals surface area contributed by atoms with Crippen LogP contribution in [0.1, 0.15) is 17.4 Å². The van der Waals surface area contributed by atoms with Crippen LogP contribution in [0.2, 0.25) is 5.02 Å². The van der Waals surface area contributed by atoms with Crippen LogP contribution in [0.3, 0.4) is 0 Å². The Bertz CT molecular complexity index is 700. The number of sulfonamides is 1. The molecule has 0 radical (unpaired) electrons. The van der Waals surface area contributed by atoms with Crippen LogP contribution in [0.25, 0.3) is 0 Å². The van der Waals surface area contributed by atoms with E-state index in [1.807, 2.05) is 24.4 Å². The van der Waals surface area contributed by atoms with Crippen LogP contribution in [0.15, 0.2) is 40.6 Å². The Morgan fingerprint density at radius 1 is 1.33 bits per heavy atom. The van der Waals surface area contributed by atoms with Crippen molar-refractivity contribution in [3.63, 3.8) is 0 Å². The fraction of sp³-hybridized carbons (Fsp3) is 0.286. The van der Waals surface area contributed by atoms with E-state index >= 15 is 0 Å². The third-order valence-corrected chi connectivity index (χ3v) is 6.28. The number of rotatable bonds is 6. The normalized spacial score (nSPS) is 12.0. The minimum atomic E-state index is -3.56. The van der Waals surface area contributed by atoms with Gasteiger partial charge in [-0.1, -0.05) is 30.7 Å². The van der Waals surface area contributed by atoms with Crippen LogP contribution in [-0.4, -0.2) is 19.3 Å². The molecule has 114 valence electrons. The lowest BCUT2D eigenvalue weighted by Crippen LogP contribution is -2.30. The van der Waals surface area contributed by atoms with Crippen molar-refractivity contribution in [3.05, 3.63) is 51.2 Å². The van der Waals surface area contributed by atoms with E-state index in [9.17, 15) is 8.42 Å². The first-order valence-corrected chi connectivity index (χ1v) is 9.19. The quantitative estimate of drug-likeness (QED) is 0.875. The third-order valence-electron chi connectivity index (χ3n) is 3.15. The third kappa shape index (κ3) is 3.64. The number of nitrogens with zero attached hydrogens (tertiary/aromatic N) is 1. The molecule has 2 rings (SSSR count). The van der Waals surface area contributed by atoms with Gasteiger partial charge in [-0.15, -0.1) is 11.3 Å². The van der Waals surface area contributed by atoms with E-state index in [4.69, 9.17) is 17.3 Å². The summed E-state index contributed by atoms with van der Waals surface area (Å²) >= 11 is 7.60. The maximum Gasteiger partial charge on any atom is 0.243 e. The summed E-state index contributed by atoms with van der Waals surface area (Å²) in [5.41, 5.74) is 6.28. The minimum Gasteiger partial charge on any atom is -0.326 e. The first-order valence-electron chi connectivity index (χ1n) is 6.50. The monoisotopic (exact) mass is 344 g/mol. The highest BCUT2D eigenvalue weighted by Crippen LogP contribution is 2.24. The van der Waals surface area contributed by atoms with E-state index in [1.165, 1.54) is 21.7 Å². The van der Waals surface area contributed by atoms with Crippen molar-refractivity contribution < 1.29 is 8.42 Å². The smallest absolute Gasteiger partial charge is 0.243 e. The van der Waals surface area contributed by atoms with Crippen molar-refractivity contribution in [3.8, 4) is 0 Å². The SMILES string of the molecule is CCN(Cc1cccs1)S(=O)(=O)c1ccc(CN)c(Cl)c1. The van der Waals surface area contributed by atoms with E-state index in [2.05, 4.69) is 0 Å². The largest absolute Gasteiger partial charge is 0.326 e. The second-order valence-electron chi connectivity index (χ2n) is 4.47. The highest BCUT2D eigenvalue weighted by molar-refractivity contribution is 7.89. The fourth-order valence-corrected chi connectivity index (χ4v) is 4.52. The number of nitrogens with two attached hydrogens (primary N) is 1. The van der Waals surface area contributed by atoms with E-state index in [-0.39, 0.29) is 11.4 Å². The molecule has 0 fully saturated rings. The zero-order valence-electron chi connectivity index (χ0n) is 11.6. The molecular formula is C14H17ClN2O2S2. The summed E-state index contributed by atoms with van der Waals surface area (Å²) in [6, 6.07) is 8.52. The van der Waals surface area contributed by atoms with E-state index in [1.54, 1.807) is 12.1 Å². The Hall–Kier alpha value is -0.920. The standard InChI is InChI=1S/C14H17ClN2O2S2/c1-2-17(10-12-4-3-7-20-12)21(18,19)13-6-5-11(9-16)14(15)8-13/h3-8H,2,9-10,16H2,1H3. The van der Waals surface area contributed by atoms with Crippen LogP contribution in [0, 0.1) is 0 Å². The fourth-order valence-electron chi connectivity index (χ4n) is 1.95. The molecule has 2 aromatic rings. The van der Waals surface area contributed by atoms with Gasteiger partial charge in [0.25, 0.3) is 0 Å². The zero-order valence-corrected chi connectivity index (χ0v) is 14.0. The summed E-state index contributed by atoms with van der Waals surface area (Å²) in [5, 5.41) is 2.31. The molecule has 2 N–H and O–H groups in total. The van der Waals surface area contributed by atoms with Crippen LogP contribution in [0.5, 0.6) is 0 Å². The molecule has 0 aliphatic carbocycles. The molecule has 0 spiro atoms. The van der Waals surface area contributed by atoms with Crippen LogP contribution >= 0.6 is 22.9 Å². The number of halogens is 1. The highest BCUT2D eigenvalue weighted by atomic mass is 35.5. The predicted molar refractivity (Wildman–Crippen MR) is 86.9 cm³/mol. The van der Waals surface area contributed by atoms with Gasteiger partial charge in [-0.25, -0.2) is 8.42 Å². The number of thiophene rings is 1. The maximum atomic E-state index is 12.7. The first kappa shape index (κ1) is 16.5. The van der Waals surface area contributed by atoms with Gasteiger partial charge in [0, 0.05) is 29.5 Å². The Balaban J connectivity index is 2.32. The van der Waals surface area contributed by atoms with Crippen molar-refractivity contribution in [1.82, 2.24) is 4.31 Å². The van der Waals surface area contributed by atoms with Crippen molar-refractivity contribution in [2.24, 2.45) is 5.73 Å². The summed E-state index contributed by atoms with van der Waals surface area (Å²) < 4.78 is 26.8. The molecule has 1 aromatic carbocycles. The molecule has 7 heteroatoms. The number of hydrogen-bond donors (Lipinski definition) is 1.